The van der Waals surface area contributed by atoms with Crippen LogP contribution >= 0.6 is 11.3 Å². The van der Waals surface area contributed by atoms with Crippen molar-refractivity contribution in [2.45, 2.75) is 45.7 Å². The van der Waals surface area contributed by atoms with Gasteiger partial charge in [-0.25, -0.2) is 0 Å². The van der Waals surface area contributed by atoms with Gasteiger partial charge in [-0.3, -0.25) is 4.79 Å². The number of carbonyl (C=O) groups is 1. The van der Waals surface area contributed by atoms with Gasteiger partial charge in [-0.15, -0.1) is 11.3 Å². The zero-order chi connectivity index (χ0) is 12.3. The molecule has 2 N–H and O–H groups in total. The zero-order valence-corrected chi connectivity index (χ0v) is 11.3. The van der Waals surface area contributed by atoms with E-state index in [4.69, 9.17) is 0 Å². The molecule has 1 aromatic rings. The summed E-state index contributed by atoms with van der Waals surface area (Å²) in [7, 11) is 0. The van der Waals surface area contributed by atoms with Crippen LogP contribution in [0.5, 0.6) is 0 Å². The standard InChI is InChI=1S/C13H20N2OS/c1-9-6-12(17-10(9)2)8-15-11-4-3-5-14-13(16)7-11/h6,11,15H,3-5,7-8H2,1-2H3,(H,14,16). The molecule has 1 aliphatic rings. The first-order chi connectivity index (χ1) is 8.15. The predicted molar refractivity (Wildman–Crippen MR) is 71.3 cm³/mol. The van der Waals surface area contributed by atoms with E-state index in [1.165, 1.54) is 15.3 Å². The van der Waals surface area contributed by atoms with Crippen molar-refractivity contribution < 1.29 is 4.79 Å². The molecule has 1 fully saturated rings. The summed E-state index contributed by atoms with van der Waals surface area (Å²) in [5, 5.41) is 6.41. The van der Waals surface area contributed by atoms with Crippen LogP contribution in [0, 0.1) is 13.8 Å². The number of aryl methyl sites for hydroxylation is 2. The Morgan fingerprint density at radius 2 is 2.35 bits per heavy atom. The van der Waals surface area contributed by atoms with E-state index in [9.17, 15) is 4.79 Å². The molecule has 94 valence electrons. The van der Waals surface area contributed by atoms with Crippen molar-refractivity contribution in [3.05, 3.63) is 21.4 Å². The van der Waals surface area contributed by atoms with Crippen molar-refractivity contribution >= 4 is 17.2 Å². The van der Waals surface area contributed by atoms with E-state index in [-0.39, 0.29) is 5.91 Å². The Balaban J connectivity index is 1.86. The molecule has 1 amide bonds. The van der Waals surface area contributed by atoms with E-state index in [1.807, 2.05) is 11.3 Å². The van der Waals surface area contributed by atoms with Gasteiger partial charge < -0.3 is 10.6 Å². The fourth-order valence-corrected chi connectivity index (χ4v) is 3.13. The molecule has 0 aliphatic carbocycles. The summed E-state index contributed by atoms with van der Waals surface area (Å²) in [6.45, 7) is 6.02. The first kappa shape index (κ1) is 12.6. The minimum atomic E-state index is 0.179. The van der Waals surface area contributed by atoms with Crippen LogP contribution < -0.4 is 10.6 Å². The molecule has 17 heavy (non-hydrogen) atoms. The number of thiophene rings is 1. The molecule has 0 radical (unpaired) electrons. The monoisotopic (exact) mass is 252 g/mol. The maximum Gasteiger partial charge on any atom is 0.221 e. The molecule has 2 rings (SSSR count). The van der Waals surface area contributed by atoms with E-state index in [1.54, 1.807) is 0 Å². The Hall–Kier alpha value is -0.870. The lowest BCUT2D eigenvalue weighted by molar-refractivity contribution is -0.121. The maximum atomic E-state index is 11.4. The number of amides is 1. The highest BCUT2D eigenvalue weighted by molar-refractivity contribution is 7.12. The Morgan fingerprint density at radius 1 is 1.53 bits per heavy atom. The third-order valence-corrected chi connectivity index (χ3v) is 4.42. The third kappa shape index (κ3) is 3.54. The second-order valence-corrected chi connectivity index (χ2v) is 6.07. The largest absolute Gasteiger partial charge is 0.356 e. The summed E-state index contributed by atoms with van der Waals surface area (Å²) in [6, 6.07) is 2.57. The summed E-state index contributed by atoms with van der Waals surface area (Å²) >= 11 is 1.85. The minimum Gasteiger partial charge on any atom is -0.356 e. The van der Waals surface area contributed by atoms with Crippen molar-refractivity contribution in [1.29, 1.82) is 0 Å². The number of carbonyl (C=O) groups excluding carboxylic acids is 1. The van der Waals surface area contributed by atoms with E-state index < -0.39 is 0 Å². The smallest absolute Gasteiger partial charge is 0.221 e. The van der Waals surface area contributed by atoms with Crippen molar-refractivity contribution in [1.82, 2.24) is 10.6 Å². The van der Waals surface area contributed by atoms with E-state index in [0.717, 1.165) is 25.9 Å². The van der Waals surface area contributed by atoms with Gasteiger partial charge >= 0.3 is 0 Å². The third-order valence-electron chi connectivity index (χ3n) is 3.27. The number of hydrogen-bond acceptors (Lipinski definition) is 3. The van der Waals surface area contributed by atoms with Crippen LogP contribution in [0.4, 0.5) is 0 Å². The predicted octanol–water partition coefficient (Wildman–Crippen LogP) is 2.12. The molecule has 1 unspecified atom stereocenters. The quantitative estimate of drug-likeness (QED) is 0.865. The maximum absolute atomic E-state index is 11.4. The van der Waals surface area contributed by atoms with Gasteiger partial charge in [-0.05, 0) is 38.3 Å². The molecule has 2 heterocycles. The Morgan fingerprint density at radius 3 is 3.06 bits per heavy atom. The van der Waals surface area contributed by atoms with Crippen molar-refractivity contribution in [2.75, 3.05) is 6.54 Å². The normalized spacial score (nSPS) is 21.1. The zero-order valence-electron chi connectivity index (χ0n) is 10.5. The van der Waals surface area contributed by atoms with Crippen LogP contribution in [0.3, 0.4) is 0 Å². The number of rotatable bonds is 3. The van der Waals surface area contributed by atoms with Gasteiger partial charge in [0.1, 0.15) is 0 Å². The van der Waals surface area contributed by atoms with Gasteiger partial charge in [0.15, 0.2) is 0 Å². The first-order valence-corrected chi connectivity index (χ1v) is 7.03. The molecule has 4 heteroatoms. The molecule has 1 saturated heterocycles. The fraction of sp³-hybridized carbons (Fsp3) is 0.615. The van der Waals surface area contributed by atoms with Gasteiger partial charge in [0.25, 0.3) is 0 Å². The summed E-state index contributed by atoms with van der Waals surface area (Å²) in [4.78, 5) is 14.2. The average molecular weight is 252 g/mol. The molecule has 0 spiro atoms. The van der Waals surface area contributed by atoms with Crippen molar-refractivity contribution in [2.24, 2.45) is 0 Å². The topological polar surface area (TPSA) is 41.1 Å². The molecule has 0 aromatic carbocycles. The second-order valence-electron chi connectivity index (χ2n) is 4.73. The summed E-state index contributed by atoms with van der Waals surface area (Å²) < 4.78 is 0. The summed E-state index contributed by atoms with van der Waals surface area (Å²) in [5.41, 5.74) is 1.37. The molecule has 0 bridgehead atoms. The van der Waals surface area contributed by atoms with Crippen LogP contribution in [-0.4, -0.2) is 18.5 Å². The van der Waals surface area contributed by atoms with Gasteiger partial charge in [-0.2, -0.15) is 0 Å². The highest BCUT2D eigenvalue weighted by Gasteiger charge is 2.16. The molecule has 1 aliphatic heterocycles. The Labute approximate surface area is 107 Å². The molecule has 1 atom stereocenters. The van der Waals surface area contributed by atoms with E-state index in [2.05, 4.69) is 30.5 Å². The van der Waals surface area contributed by atoms with Gasteiger partial charge in [0.2, 0.25) is 5.91 Å². The van der Waals surface area contributed by atoms with E-state index in [0.29, 0.717) is 12.5 Å². The second kappa shape index (κ2) is 5.65. The average Bonchev–Trinajstić information content (AvgIpc) is 2.50. The fourth-order valence-electron chi connectivity index (χ4n) is 2.13. The van der Waals surface area contributed by atoms with Crippen molar-refractivity contribution in [3.8, 4) is 0 Å². The molecular weight excluding hydrogens is 232 g/mol. The van der Waals surface area contributed by atoms with Crippen LogP contribution in [0.15, 0.2) is 6.07 Å². The lowest BCUT2D eigenvalue weighted by Gasteiger charge is -2.14. The van der Waals surface area contributed by atoms with Crippen molar-refractivity contribution in [3.63, 3.8) is 0 Å². The number of hydrogen-bond donors (Lipinski definition) is 2. The van der Waals surface area contributed by atoms with Crippen LogP contribution in [-0.2, 0) is 11.3 Å². The number of nitrogens with one attached hydrogen (secondary N) is 2. The Bertz CT molecular complexity index is 381. The molecule has 0 saturated carbocycles. The van der Waals surface area contributed by atoms with Gasteiger partial charge in [0.05, 0.1) is 0 Å². The van der Waals surface area contributed by atoms with Crippen LogP contribution in [0.1, 0.15) is 34.6 Å². The van der Waals surface area contributed by atoms with Crippen LogP contribution in [0.25, 0.3) is 0 Å². The minimum absolute atomic E-state index is 0.179. The van der Waals surface area contributed by atoms with Crippen LogP contribution in [0.2, 0.25) is 0 Å². The van der Waals surface area contributed by atoms with Gasteiger partial charge in [0, 0.05) is 35.3 Å². The molecule has 3 nitrogen and oxygen atoms in total. The first-order valence-electron chi connectivity index (χ1n) is 6.21. The van der Waals surface area contributed by atoms with E-state index >= 15 is 0 Å². The Kier molecular flexibility index (Phi) is 4.18. The van der Waals surface area contributed by atoms with Gasteiger partial charge in [-0.1, -0.05) is 0 Å². The summed E-state index contributed by atoms with van der Waals surface area (Å²) in [5.74, 6) is 0.179. The lowest BCUT2D eigenvalue weighted by atomic mass is 10.1. The highest BCUT2D eigenvalue weighted by Crippen LogP contribution is 2.20. The highest BCUT2D eigenvalue weighted by atomic mass is 32.1. The summed E-state index contributed by atoms with van der Waals surface area (Å²) in [6.07, 6.45) is 2.78. The molecule has 1 aromatic heterocycles. The molecular formula is C13H20N2OS. The SMILES string of the molecule is Cc1cc(CNC2CCCNC(=O)C2)sc1C. The lowest BCUT2D eigenvalue weighted by Crippen LogP contribution is -2.31.